The minimum absolute atomic E-state index is 0.0182. The molecule has 7 heteroatoms. The molecule has 4 heterocycles. The first kappa shape index (κ1) is 15.1. The van der Waals surface area contributed by atoms with Crippen molar-refractivity contribution in [3.05, 3.63) is 51.1 Å². The first-order chi connectivity index (χ1) is 11.6. The van der Waals surface area contributed by atoms with Gasteiger partial charge in [0.1, 0.15) is 11.5 Å². The molecule has 1 fully saturated rings. The SMILES string of the molecule is Cc1nc(C2CCCN(C(=O)c3cc4sccc4[nH]3)C2)cc(=O)[nH]1. The first-order valence-corrected chi connectivity index (χ1v) is 8.91. The number of carbonyl (C=O) groups is 1. The highest BCUT2D eigenvalue weighted by Crippen LogP contribution is 2.27. The second kappa shape index (κ2) is 5.90. The summed E-state index contributed by atoms with van der Waals surface area (Å²) in [5.41, 5.74) is 2.28. The van der Waals surface area contributed by atoms with Gasteiger partial charge in [0.2, 0.25) is 0 Å². The van der Waals surface area contributed by atoms with E-state index in [0.717, 1.165) is 35.3 Å². The van der Waals surface area contributed by atoms with Gasteiger partial charge in [-0.25, -0.2) is 4.98 Å². The van der Waals surface area contributed by atoms with E-state index in [1.807, 2.05) is 22.4 Å². The van der Waals surface area contributed by atoms with E-state index in [1.54, 1.807) is 24.3 Å². The van der Waals surface area contributed by atoms with Gasteiger partial charge in [-0.1, -0.05) is 0 Å². The number of piperidine rings is 1. The topological polar surface area (TPSA) is 81.8 Å². The monoisotopic (exact) mass is 342 g/mol. The van der Waals surface area contributed by atoms with Gasteiger partial charge in [-0.05, 0) is 37.3 Å². The van der Waals surface area contributed by atoms with E-state index in [-0.39, 0.29) is 17.4 Å². The molecule has 0 aromatic carbocycles. The van der Waals surface area contributed by atoms with Crippen molar-refractivity contribution >= 4 is 27.5 Å². The van der Waals surface area contributed by atoms with Crippen LogP contribution in [0.15, 0.2) is 28.4 Å². The number of hydrogen-bond donors (Lipinski definition) is 2. The average molecular weight is 342 g/mol. The third kappa shape index (κ3) is 2.75. The molecule has 0 saturated carbocycles. The van der Waals surface area contributed by atoms with Crippen LogP contribution in [0.2, 0.25) is 0 Å². The Morgan fingerprint density at radius 3 is 3.04 bits per heavy atom. The lowest BCUT2D eigenvalue weighted by Crippen LogP contribution is -2.39. The molecule has 1 saturated heterocycles. The van der Waals surface area contributed by atoms with E-state index in [4.69, 9.17) is 0 Å². The Labute approximate surface area is 142 Å². The smallest absolute Gasteiger partial charge is 0.270 e. The molecule has 1 unspecified atom stereocenters. The number of carbonyl (C=O) groups excluding carboxylic acids is 1. The first-order valence-electron chi connectivity index (χ1n) is 8.03. The summed E-state index contributed by atoms with van der Waals surface area (Å²) in [6, 6.07) is 5.45. The summed E-state index contributed by atoms with van der Waals surface area (Å²) < 4.78 is 1.10. The van der Waals surface area contributed by atoms with Crippen molar-refractivity contribution in [1.29, 1.82) is 0 Å². The average Bonchev–Trinajstić information content (AvgIpc) is 3.15. The van der Waals surface area contributed by atoms with Gasteiger partial charge < -0.3 is 14.9 Å². The van der Waals surface area contributed by atoms with Crippen LogP contribution in [0.4, 0.5) is 0 Å². The van der Waals surface area contributed by atoms with Crippen molar-refractivity contribution in [2.24, 2.45) is 0 Å². The zero-order valence-corrected chi connectivity index (χ0v) is 14.2. The molecule has 6 nitrogen and oxygen atoms in total. The highest BCUT2D eigenvalue weighted by molar-refractivity contribution is 7.17. The fourth-order valence-electron chi connectivity index (χ4n) is 3.35. The zero-order valence-electron chi connectivity index (χ0n) is 13.3. The molecule has 2 N–H and O–H groups in total. The van der Waals surface area contributed by atoms with Gasteiger partial charge >= 0.3 is 0 Å². The number of H-pyrrole nitrogens is 2. The van der Waals surface area contributed by atoms with Gasteiger partial charge in [-0.2, -0.15) is 0 Å². The molecule has 1 aliphatic rings. The number of thiophene rings is 1. The van der Waals surface area contributed by atoms with Crippen LogP contribution in [0.3, 0.4) is 0 Å². The number of aromatic amines is 2. The molecular formula is C17H18N4O2S. The zero-order chi connectivity index (χ0) is 16.7. The Balaban J connectivity index is 1.56. The van der Waals surface area contributed by atoms with Crippen LogP contribution >= 0.6 is 11.3 Å². The van der Waals surface area contributed by atoms with Crippen molar-refractivity contribution in [2.75, 3.05) is 13.1 Å². The van der Waals surface area contributed by atoms with Crippen molar-refractivity contribution in [3.63, 3.8) is 0 Å². The number of aryl methyl sites for hydroxylation is 1. The molecule has 3 aromatic rings. The summed E-state index contributed by atoms with van der Waals surface area (Å²) in [6.45, 7) is 3.12. The molecule has 4 rings (SSSR count). The van der Waals surface area contributed by atoms with E-state index in [1.165, 1.54) is 0 Å². The number of hydrogen-bond acceptors (Lipinski definition) is 4. The van der Waals surface area contributed by atoms with Crippen molar-refractivity contribution in [2.45, 2.75) is 25.7 Å². The van der Waals surface area contributed by atoms with Gasteiger partial charge in [-0.3, -0.25) is 9.59 Å². The van der Waals surface area contributed by atoms with Gasteiger partial charge in [0.05, 0.1) is 15.9 Å². The van der Waals surface area contributed by atoms with Crippen LogP contribution in [0.1, 0.15) is 40.8 Å². The largest absolute Gasteiger partial charge is 0.350 e. The fraction of sp³-hybridized carbons (Fsp3) is 0.353. The van der Waals surface area contributed by atoms with Gasteiger partial charge in [-0.15, -0.1) is 11.3 Å². The second-order valence-corrected chi connectivity index (χ2v) is 7.18. The maximum atomic E-state index is 12.8. The molecule has 0 radical (unpaired) electrons. The summed E-state index contributed by atoms with van der Waals surface area (Å²) in [7, 11) is 0. The highest BCUT2D eigenvalue weighted by atomic mass is 32.1. The summed E-state index contributed by atoms with van der Waals surface area (Å²) in [5.74, 6) is 0.745. The second-order valence-electron chi connectivity index (χ2n) is 6.23. The fourth-order valence-corrected chi connectivity index (χ4v) is 4.13. The van der Waals surface area contributed by atoms with E-state index in [0.29, 0.717) is 18.1 Å². The quantitative estimate of drug-likeness (QED) is 0.751. The molecule has 1 atom stereocenters. The normalized spacial score (nSPS) is 18.2. The third-order valence-corrected chi connectivity index (χ3v) is 5.34. The number of nitrogens with one attached hydrogen (secondary N) is 2. The summed E-state index contributed by atoms with van der Waals surface area (Å²) in [4.78, 5) is 36.6. The molecule has 0 bridgehead atoms. The lowest BCUT2D eigenvalue weighted by atomic mass is 9.94. The number of fused-ring (bicyclic) bond motifs is 1. The lowest BCUT2D eigenvalue weighted by molar-refractivity contribution is 0.0701. The Bertz CT molecular complexity index is 926. The minimum Gasteiger partial charge on any atom is -0.350 e. The number of amides is 1. The molecule has 0 spiro atoms. The Morgan fingerprint density at radius 1 is 1.38 bits per heavy atom. The van der Waals surface area contributed by atoms with E-state index >= 15 is 0 Å². The molecule has 1 aliphatic heterocycles. The highest BCUT2D eigenvalue weighted by Gasteiger charge is 2.27. The minimum atomic E-state index is -0.134. The lowest BCUT2D eigenvalue weighted by Gasteiger charge is -2.32. The molecule has 0 aliphatic carbocycles. The van der Waals surface area contributed by atoms with Crippen molar-refractivity contribution < 1.29 is 4.79 Å². The summed E-state index contributed by atoms with van der Waals surface area (Å²) in [6.07, 6.45) is 1.86. The molecular weight excluding hydrogens is 324 g/mol. The van der Waals surface area contributed by atoms with Gasteiger partial charge in [0.15, 0.2) is 0 Å². The van der Waals surface area contributed by atoms with Crippen LogP contribution in [0, 0.1) is 6.92 Å². The van der Waals surface area contributed by atoms with Crippen LogP contribution in [-0.4, -0.2) is 38.8 Å². The maximum Gasteiger partial charge on any atom is 0.270 e. The number of likely N-dealkylation sites (tertiary alicyclic amines) is 1. The molecule has 1 amide bonds. The molecule has 124 valence electrons. The van der Waals surface area contributed by atoms with Crippen LogP contribution in [0.5, 0.6) is 0 Å². The Hall–Kier alpha value is -2.41. The van der Waals surface area contributed by atoms with Crippen LogP contribution in [-0.2, 0) is 0 Å². The molecule has 24 heavy (non-hydrogen) atoms. The maximum absolute atomic E-state index is 12.8. The van der Waals surface area contributed by atoms with Crippen LogP contribution in [0.25, 0.3) is 10.2 Å². The van der Waals surface area contributed by atoms with Crippen molar-refractivity contribution in [1.82, 2.24) is 19.9 Å². The molecule has 3 aromatic heterocycles. The van der Waals surface area contributed by atoms with Gasteiger partial charge in [0.25, 0.3) is 11.5 Å². The van der Waals surface area contributed by atoms with E-state index in [2.05, 4.69) is 15.0 Å². The summed E-state index contributed by atoms with van der Waals surface area (Å²) in [5, 5.41) is 2.01. The third-order valence-electron chi connectivity index (χ3n) is 4.48. The predicted molar refractivity (Wildman–Crippen MR) is 93.6 cm³/mol. The van der Waals surface area contributed by atoms with Gasteiger partial charge in [0, 0.05) is 25.1 Å². The number of nitrogens with zero attached hydrogens (tertiary/aromatic N) is 2. The Morgan fingerprint density at radius 2 is 2.25 bits per heavy atom. The standard InChI is InChI=1S/C17H18N4O2S/c1-10-18-13(8-16(22)19-10)11-3-2-5-21(9-11)17(23)14-7-15-12(20-14)4-6-24-15/h4,6-8,11,20H,2-3,5,9H2,1H3,(H,18,19,22). The van der Waals surface area contributed by atoms with E-state index < -0.39 is 0 Å². The Kier molecular flexibility index (Phi) is 3.72. The van der Waals surface area contributed by atoms with E-state index in [9.17, 15) is 9.59 Å². The predicted octanol–water partition coefficient (Wildman–Crippen LogP) is 2.64. The van der Waals surface area contributed by atoms with Crippen LogP contribution < -0.4 is 5.56 Å². The summed E-state index contributed by atoms with van der Waals surface area (Å²) >= 11 is 1.62. The number of rotatable bonds is 2. The van der Waals surface area contributed by atoms with Crippen molar-refractivity contribution in [3.8, 4) is 0 Å². The number of aromatic nitrogens is 3.